The molecule has 1 aromatic carbocycles. The summed E-state index contributed by atoms with van der Waals surface area (Å²) < 4.78 is 30.0. The minimum atomic E-state index is -0.616. The van der Waals surface area contributed by atoms with Crippen LogP contribution in [0.25, 0.3) is 16.6 Å². The van der Waals surface area contributed by atoms with E-state index in [-0.39, 0.29) is 21.8 Å². The van der Waals surface area contributed by atoms with E-state index in [1.54, 1.807) is 24.0 Å². The molecular weight excluding hydrogens is 298 g/mol. The number of fused-ring (bicyclic) bond motifs is 1. The van der Waals surface area contributed by atoms with Crippen LogP contribution in [-0.4, -0.2) is 9.78 Å². The first kappa shape index (κ1) is 13.5. The summed E-state index contributed by atoms with van der Waals surface area (Å²) in [5.74, 6) is -1.11. The third-order valence-corrected chi connectivity index (χ3v) is 3.29. The average Bonchev–Trinajstić information content (AvgIpc) is 2.81. The molecule has 0 aliphatic rings. The fourth-order valence-corrected chi connectivity index (χ4v) is 2.46. The minimum absolute atomic E-state index is 0.0255. The molecule has 0 unspecified atom stereocenters. The van der Waals surface area contributed by atoms with Crippen LogP contribution in [0.3, 0.4) is 0 Å². The Morgan fingerprint density at radius 1 is 1.33 bits per heavy atom. The second kappa shape index (κ2) is 4.79. The monoisotopic (exact) mass is 305 g/mol. The highest BCUT2D eigenvalue weighted by Gasteiger charge is 2.17. The summed E-state index contributed by atoms with van der Waals surface area (Å²) in [7, 11) is 1.69. The number of hydrogen-bond acceptors (Lipinski definition) is 2. The van der Waals surface area contributed by atoms with Crippen LogP contribution in [0.5, 0.6) is 0 Å². The molecule has 3 aromatic rings. The Balaban J connectivity index is 2.32. The molecule has 0 spiro atoms. The number of benzene rings is 1. The van der Waals surface area contributed by atoms with Gasteiger partial charge in [-0.25, -0.2) is 13.6 Å². The van der Waals surface area contributed by atoms with Crippen molar-refractivity contribution in [1.82, 2.24) is 9.78 Å². The maximum atomic E-state index is 13.9. The smallest absolute Gasteiger partial charge is 0.214 e. The lowest BCUT2D eigenvalue weighted by Gasteiger charge is -2.06. The molecule has 0 saturated heterocycles. The number of nitrogens with zero attached hydrogens (tertiary/aromatic N) is 4. The highest BCUT2D eigenvalue weighted by Crippen LogP contribution is 2.27. The first-order chi connectivity index (χ1) is 9.99. The highest BCUT2D eigenvalue weighted by molar-refractivity contribution is 6.32. The van der Waals surface area contributed by atoms with Crippen molar-refractivity contribution in [3.05, 3.63) is 52.9 Å². The standard InChI is InChI=1S/C14H8ClF2N4/c1-20-5-9-6-21(19-13(9)12(17)7-20)14-8(4-18)2-10(16)3-11(14)15/h2-3,5-7H,1H3/q+1. The van der Waals surface area contributed by atoms with Gasteiger partial charge in [0.25, 0.3) is 0 Å². The zero-order valence-corrected chi connectivity index (χ0v) is 11.6. The quantitative estimate of drug-likeness (QED) is 0.649. The summed E-state index contributed by atoms with van der Waals surface area (Å²) in [6.07, 6.45) is 4.51. The molecule has 0 bridgehead atoms. The van der Waals surface area contributed by atoms with Crippen molar-refractivity contribution in [2.75, 3.05) is 0 Å². The molecule has 0 N–H and O–H groups in total. The molecular formula is C14H8ClF2N4+. The van der Waals surface area contributed by atoms with E-state index in [9.17, 15) is 8.78 Å². The first-order valence-corrected chi connectivity index (χ1v) is 6.31. The molecule has 2 heterocycles. The van der Waals surface area contributed by atoms with Gasteiger partial charge in [-0.15, -0.1) is 0 Å². The maximum absolute atomic E-state index is 13.9. The van der Waals surface area contributed by atoms with Gasteiger partial charge in [0.1, 0.15) is 30.1 Å². The SMILES string of the molecule is C[n+]1cc(F)c2nn(-c3c(Cl)cc(F)cc3C#N)cc2c1. The Labute approximate surface area is 123 Å². The van der Waals surface area contributed by atoms with Crippen LogP contribution in [0.1, 0.15) is 5.56 Å². The fraction of sp³-hybridized carbons (Fsp3) is 0.0714. The zero-order chi connectivity index (χ0) is 15.1. The van der Waals surface area contributed by atoms with E-state index >= 15 is 0 Å². The highest BCUT2D eigenvalue weighted by atomic mass is 35.5. The van der Waals surface area contributed by atoms with Crippen molar-refractivity contribution in [2.45, 2.75) is 0 Å². The van der Waals surface area contributed by atoms with E-state index < -0.39 is 11.6 Å². The van der Waals surface area contributed by atoms with Crippen LogP contribution < -0.4 is 4.57 Å². The van der Waals surface area contributed by atoms with Gasteiger partial charge < -0.3 is 0 Å². The molecule has 0 atom stereocenters. The molecule has 0 fully saturated rings. The largest absolute Gasteiger partial charge is 0.237 e. The van der Waals surface area contributed by atoms with Gasteiger partial charge >= 0.3 is 0 Å². The summed E-state index contributed by atoms with van der Waals surface area (Å²) in [6.45, 7) is 0. The van der Waals surface area contributed by atoms with E-state index in [0.29, 0.717) is 5.39 Å². The topological polar surface area (TPSA) is 45.5 Å². The molecule has 0 radical (unpaired) electrons. The fourth-order valence-electron chi connectivity index (χ4n) is 2.16. The number of halogens is 3. The molecule has 21 heavy (non-hydrogen) atoms. The zero-order valence-electron chi connectivity index (χ0n) is 10.8. The van der Waals surface area contributed by atoms with Gasteiger partial charge in [0.2, 0.25) is 12.0 Å². The Hall–Kier alpha value is -2.52. The van der Waals surface area contributed by atoms with Crippen molar-refractivity contribution in [2.24, 2.45) is 7.05 Å². The van der Waals surface area contributed by atoms with Gasteiger partial charge in [0.05, 0.1) is 16.0 Å². The van der Waals surface area contributed by atoms with E-state index in [1.165, 1.54) is 10.9 Å². The van der Waals surface area contributed by atoms with Gasteiger partial charge in [0.15, 0.2) is 6.20 Å². The van der Waals surface area contributed by atoms with Crippen molar-refractivity contribution in [1.29, 1.82) is 5.26 Å². The van der Waals surface area contributed by atoms with Crippen molar-refractivity contribution >= 4 is 22.5 Å². The molecule has 7 heteroatoms. The number of pyridine rings is 1. The Bertz CT molecular complexity index is 911. The Morgan fingerprint density at radius 3 is 2.81 bits per heavy atom. The second-order valence-electron chi connectivity index (χ2n) is 4.54. The number of rotatable bonds is 1. The Morgan fingerprint density at radius 2 is 2.10 bits per heavy atom. The maximum Gasteiger partial charge on any atom is 0.214 e. The van der Waals surface area contributed by atoms with Crippen molar-refractivity contribution < 1.29 is 13.3 Å². The summed E-state index contributed by atoms with van der Waals surface area (Å²) in [5, 5.41) is 13.8. The molecule has 0 saturated carbocycles. The molecule has 0 aliphatic carbocycles. The van der Waals surface area contributed by atoms with E-state index in [0.717, 1.165) is 12.1 Å². The predicted octanol–water partition coefficient (Wildman–Crippen LogP) is 2.65. The molecule has 104 valence electrons. The molecule has 0 amide bonds. The molecule has 4 nitrogen and oxygen atoms in total. The third kappa shape index (κ3) is 2.22. The molecule has 3 rings (SSSR count). The van der Waals surface area contributed by atoms with Crippen LogP contribution >= 0.6 is 11.6 Å². The number of aryl methyl sites for hydroxylation is 1. The van der Waals surface area contributed by atoms with Crippen LogP contribution in [0, 0.1) is 23.0 Å². The van der Waals surface area contributed by atoms with Crippen LogP contribution in [0.2, 0.25) is 5.02 Å². The normalized spacial score (nSPS) is 10.8. The lowest BCUT2D eigenvalue weighted by Crippen LogP contribution is -2.27. The minimum Gasteiger partial charge on any atom is -0.237 e. The lowest BCUT2D eigenvalue weighted by atomic mass is 10.2. The number of hydrogen-bond donors (Lipinski definition) is 0. The van der Waals surface area contributed by atoms with Crippen molar-refractivity contribution in [3.8, 4) is 11.8 Å². The average molecular weight is 306 g/mol. The van der Waals surface area contributed by atoms with Gasteiger partial charge in [-0.05, 0) is 12.1 Å². The van der Waals surface area contributed by atoms with Crippen LogP contribution in [-0.2, 0) is 7.05 Å². The van der Waals surface area contributed by atoms with Gasteiger partial charge in [-0.1, -0.05) is 11.6 Å². The van der Waals surface area contributed by atoms with Gasteiger partial charge in [-0.3, -0.25) is 0 Å². The summed E-state index contributed by atoms with van der Waals surface area (Å²) in [5.41, 5.74) is 0.397. The van der Waals surface area contributed by atoms with Gasteiger partial charge in [-0.2, -0.15) is 14.8 Å². The van der Waals surface area contributed by atoms with Gasteiger partial charge in [0, 0.05) is 6.20 Å². The second-order valence-corrected chi connectivity index (χ2v) is 4.95. The number of aromatic nitrogens is 3. The predicted molar refractivity (Wildman–Crippen MR) is 71.9 cm³/mol. The molecule has 2 aromatic heterocycles. The van der Waals surface area contributed by atoms with E-state index in [4.69, 9.17) is 16.9 Å². The summed E-state index contributed by atoms with van der Waals surface area (Å²) >= 11 is 6.00. The third-order valence-electron chi connectivity index (χ3n) is 3.01. The van der Waals surface area contributed by atoms with E-state index in [1.807, 2.05) is 6.07 Å². The van der Waals surface area contributed by atoms with Crippen LogP contribution in [0.15, 0.2) is 30.7 Å². The first-order valence-electron chi connectivity index (χ1n) is 5.93. The van der Waals surface area contributed by atoms with Crippen LogP contribution in [0.4, 0.5) is 8.78 Å². The Kier molecular flexibility index (Phi) is 3.07. The van der Waals surface area contributed by atoms with Crippen molar-refractivity contribution in [3.63, 3.8) is 0 Å². The molecule has 0 aliphatic heterocycles. The number of nitriles is 1. The lowest BCUT2D eigenvalue weighted by molar-refractivity contribution is -0.671. The summed E-state index contributed by atoms with van der Waals surface area (Å²) in [4.78, 5) is 0. The van der Waals surface area contributed by atoms with E-state index in [2.05, 4.69) is 5.10 Å². The summed E-state index contributed by atoms with van der Waals surface area (Å²) in [6, 6.07) is 4.01.